The van der Waals surface area contributed by atoms with Gasteiger partial charge in [-0.05, 0) is 35.9 Å². The van der Waals surface area contributed by atoms with Crippen molar-refractivity contribution in [3.05, 3.63) is 64.7 Å². The highest BCUT2D eigenvalue weighted by Gasteiger charge is 2.05. The summed E-state index contributed by atoms with van der Waals surface area (Å²) in [5.74, 6) is -0.144. The van der Waals surface area contributed by atoms with E-state index < -0.39 is 0 Å². The number of benzene rings is 2. The number of nitrogens with one attached hydrogen (secondary N) is 1. The van der Waals surface area contributed by atoms with Crippen molar-refractivity contribution in [3.8, 4) is 0 Å². The number of anilines is 1. The monoisotopic (exact) mass is 260 g/mol. The molecule has 0 unspecified atom stereocenters. The van der Waals surface area contributed by atoms with Crippen LogP contribution in [0.3, 0.4) is 0 Å². The first-order valence-electron chi connectivity index (χ1n) is 5.54. The highest BCUT2D eigenvalue weighted by atomic mass is 35.5. The van der Waals surface area contributed by atoms with Crippen molar-refractivity contribution in [2.75, 3.05) is 5.73 Å². The zero-order valence-electron chi connectivity index (χ0n) is 9.69. The molecule has 0 aliphatic heterocycles. The van der Waals surface area contributed by atoms with Crippen LogP contribution in [-0.4, -0.2) is 5.91 Å². The van der Waals surface area contributed by atoms with Gasteiger partial charge in [-0.15, -0.1) is 0 Å². The fraction of sp³-hybridized carbons (Fsp3) is 0.0714. The second-order valence-corrected chi connectivity index (χ2v) is 4.30. The zero-order valence-corrected chi connectivity index (χ0v) is 10.4. The summed E-state index contributed by atoms with van der Waals surface area (Å²) in [7, 11) is 0. The number of hydrogen-bond acceptors (Lipinski definition) is 2. The molecule has 0 bridgehead atoms. The second kappa shape index (κ2) is 5.56. The van der Waals surface area contributed by atoms with Gasteiger partial charge in [-0.2, -0.15) is 0 Å². The van der Waals surface area contributed by atoms with Gasteiger partial charge in [0.15, 0.2) is 0 Å². The zero-order chi connectivity index (χ0) is 13.0. The molecule has 0 aromatic heterocycles. The number of carbonyl (C=O) groups is 1. The van der Waals surface area contributed by atoms with Crippen LogP contribution in [0.5, 0.6) is 0 Å². The van der Waals surface area contributed by atoms with Crippen molar-refractivity contribution in [2.24, 2.45) is 0 Å². The van der Waals surface area contributed by atoms with E-state index in [9.17, 15) is 4.79 Å². The lowest BCUT2D eigenvalue weighted by Gasteiger charge is -2.07. The Morgan fingerprint density at radius 3 is 2.44 bits per heavy atom. The minimum Gasteiger partial charge on any atom is -0.399 e. The van der Waals surface area contributed by atoms with Crippen LogP contribution < -0.4 is 11.1 Å². The quantitative estimate of drug-likeness (QED) is 0.834. The van der Waals surface area contributed by atoms with Gasteiger partial charge < -0.3 is 11.1 Å². The van der Waals surface area contributed by atoms with Gasteiger partial charge in [0, 0.05) is 22.8 Å². The summed E-state index contributed by atoms with van der Waals surface area (Å²) in [6.07, 6.45) is 0. The normalized spacial score (nSPS) is 10.1. The van der Waals surface area contributed by atoms with E-state index in [1.54, 1.807) is 30.3 Å². The average Bonchev–Trinajstić information content (AvgIpc) is 2.38. The molecule has 0 atom stereocenters. The van der Waals surface area contributed by atoms with Crippen molar-refractivity contribution >= 4 is 23.2 Å². The molecule has 0 aliphatic carbocycles. The third kappa shape index (κ3) is 3.02. The molecule has 2 rings (SSSR count). The molecule has 0 spiro atoms. The van der Waals surface area contributed by atoms with Crippen molar-refractivity contribution in [1.82, 2.24) is 5.32 Å². The Hall–Kier alpha value is -2.00. The number of carbonyl (C=O) groups excluding carboxylic acids is 1. The average molecular weight is 261 g/mol. The van der Waals surface area contributed by atoms with Gasteiger partial charge in [0.2, 0.25) is 0 Å². The molecule has 0 saturated heterocycles. The van der Waals surface area contributed by atoms with Crippen LogP contribution in [0.15, 0.2) is 48.5 Å². The van der Waals surface area contributed by atoms with E-state index in [1.165, 1.54) is 0 Å². The first-order valence-corrected chi connectivity index (χ1v) is 5.92. The topological polar surface area (TPSA) is 55.1 Å². The molecule has 92 valence electrons. The van der Waals surface area contributed by atoms with Crippen molar-refractivity contribution in [2.45, 2.75) is 6.54 Å². The number of nitrogens with two attached hydrogens (primary N) is 1. The van der Waals surface area contributed by atoms with E-state index in [2.05, 4.69) is 5.32 Å². The first kappa shape index (κ1) is 12.5. The number of hydrogen-bond donors (Lipinski definition) is 2. The van der Waals surface area contributed by atoms with Crippen LogP contribution >= 0.6 is 11.6 Å². The summed E-state index contributed by atoms with van der Waals surface area (Å²) >= 11 is 6.01. The lowest BCUT2D eigenvalue weighted by Crippen LogP contribution is -2.22. The Morgan fingerprint density at radius 1 is 1.11 bits per heavy atom. The van der Waals surface area contributed by atoms with Gasteiger partial charge in [0.1, 0.15) is 0 Å². The summed E-state index contributed by atoms with van der Waals surface area (Å²) in [6.45, 7) is 0.406. The molecule has 0 saturated carbocycles. The van der Waals surface area contributed by atoms with Crippen LogP contribution in [0, 0.1) is 0 Å². The number of halogens is 1. The Kier molecular flexibility index (Phi) is 3.85. The second-order valence-electron chi connectivity index (χ2n) is 3.90. The first-order chi connectivity index (χ1) is 8.66. The summed E-state index contributed by atoms with van der Waals surface area (Å²) in [5, 5.41) is 3.46. The van der Waals surface area contributed by atoms with Crippen LogP contribution in [0.4, 0.5) is 5.69 Å². The number of rotatable bonds is 3. The summed E-state index contributed by atoms with van der Waals surface area (Å²) in [4.78, 5) is 11.8. The number of nitrogen functional groups attached to an aromatic ring is 1. The van der Waals surface area contributed by atoms with Crippen LogP contribution in [-0.2, 0) is 6.54 Å². The van der Waals surface area contributed by atoms with Gasteiger partial charge in [0.05, 0.1) is 0 Å². The minimum absolute atomic E-state index is 0.144. The van der Waals surface area contributed by atoms with Gasteiger partial charge in [0.25, 0.3) is 5.91 Å². The van der Waals surface area contributed by atoms with E-state index in [4.69, 9.17) is 17.3 Å². The molecule has 2 aromatic carbocycles. The SMILES string of the molecule is Nc1ccc(C(=O)NCc2ccccc2Cl)cc1. The highest BCUT2D eigenvalue weighted by molar-refractivity contribution is 6.31. The highest BCUT2D eigenvalue weighted by Crippen LogP contribution is 2.14. The Bertz CT molecular complexity index is 552. The molecule has 3 nitrogen and oxygen atoms in total. The maximum atomic E-state index is 11.8. The number of amides is 1. The largest absolute Gasteiger partial charge is 0.399 e. The van der Waals surface area contributed by atoms with E-state index in [0.29, 0.717) is 22.8 Å². The van der Waals surface area contributed by atoms with Crippen LogP contribution in [0.2, 0.25) is 5.02 Å². The predicted molar refractivity (Wildman–Crippen MR) is 73.5 cm³/mol. The minimum atomic E-state index is -0.144. The van der Waals surface area contributed by atoms with Crippen LogP contribution in [0.25, 0.3) is 0 Å². The lowest BCUT2D eigenvalue weighted by molar-refractivity contribution is 0.0951. The fourth-order valence-corrected chi connectivity index (χ4v) is 1.76. The molecule has 3 N–H and O–H groups in total. The lowest BCUT2D eigenvalue weighted by atomic mass is 10.2. The molecule has 0 heterocycles. The fourth-order valence-electron chi connectivity index (χ4n) is 1.55. The smallest absolute Gasteiger partial charge is 0.251 e. The van der Waals surface area contributed by atoms with Gasteiger partial charge in [-0.1, -0.05) is 29.8 Å². The Labute approximate surface area is 111 Å². The van der Waals surface area contributed by atoms with Gasteiger partial charge in [-0.25, -0.2) is 0 Å². The van der Waals surface area contributed by atoms with E-state index >= 15 is 0 Å². The predicted octanol–water partition coefficient (Wildman–Crippen LogP) is 2.85. The molecule has 0 aliphatic rings. The molecule has 18 heavy (non-hydrogen) atoms. The van der Waals surface area contributed by atoms with Gasteiger partial charge in [-0.3, -0.25) is 4.79 Å². The molecular formula is C14H13ClN2O. The van der Waals surface area contributed by atoms with Crippen molar-refractivity contribution < 1.29 is 4.79 Å². The summed E-state index contributed by atoms with van der Waals surface area (Å²) in [6, 6.07) is 14.2. The molecule has 2 aromatic rings. The third-order valence-electron chi connectivity index (χ3n) is 2.57. The van der Waals surface area contributed by atoms with Crippen molar-refractivity contribution in [3.63, 3.8) is 0 Å². The maximum Gasteiger partial charge on any atom is 0.251 e. The van der Waals surface area contributed by atoms with Crippen molar-refractivity contribution in [1.29, 1.82) is 0 Å². The molecule has 4 heteroatoms. The van der Waals surface area contributed by atoms with E-state index in [0.717, 1.165) is 5.56 Å². The Morgan fingerprint density at radius 2 is 1.78 bits per heavy atom. The van der Waals surface area contributed by atoms with Gasteiger partial charge >= 0.3 is 0 Å². The maximum absolute atomic E-state index is 11.8. The summed E-state index contributed by atoms with van der Waals surface area (Å²) in [5.41, 5.74) is 7.67. The van der Waals surface area contributed by atoms with E-state index in [-0.39, 0.29) is 5.91 Å². The molecule has 0 fully saturated rings. The molecular weight excluding hydrogens is 248 g/mol. The molecule has 0 radical (unpaired) electrons. The van der Waals surface area contributed by atoms with Crippen LogP contribution in [0.1, 0.15) is 15.9 Å². The third-order valence-corrected chi connectivity index (χ3v) is 2.94. The molecule has 1 amide bonds. The summed E-state index contributed by atoms with van der Waals surface area (Å²) < 4.78 is 0. The van der Waals surface area contributed by atoms with E-state index in [1.807, 2.05) is 18.2 Å². The standard InChI is InChI=1S/C14H13ClN2O/c15-13-4-2-1-3-11(13)9-17-14(18)10-5-7-12(16)8-6-10/h1-8H,9,16H2,(H,17,18). The Balaban J connectivity index is 2.01.